The van der Waals surface area contributed by atoms with Crippen molar-refractivity contribution in [1.82, 2.24) is 0 Å². The van der Waals surface area contributed by atoms with E-state index in [0.717, 1.165) is 9.87 Å². The third kappa shape index (κ3) is 4.83. The van der Waals surface area contributed by atoms with Crippen molar-refractivity contribution in [3.05, 3.63) is 82.8 Å². The number of anilines is 2. The highest BCUT2D eigenvalue weighted by Crippen LogP contribution is 2.32. The second kappa shape index (κ2) is 9.32. The van der Waals surface area contributed by atoms with Crippen LogP contribution >= 0.6 is 15.9 Å². The summed E-state index contributed by atoms with van der Waals surface area (Å²) < 4.78 is 34.0. The molecule has 8 heteroatoms. The van der Waals surface area contributed by atoms with Crippen LogP contribution in [0, 0.1) is 6.92 Å². The van der Waals surface area contributed by atoms with Crippen molar-refractivity contribution in [2.45, 2.75) is 11.8 Å². The molecular weight excluding hydrogens is 468 g/mol. The van der Waals surface area contributed by atoms with E-state index in [1.165, 1.54) is 19.2 Å². The summed E-state index contributed by atoms with van der Waals surface area (Å²) in [6, 6.07) is 20.3. The van der Waals surface area contributed by atoms with Crippen LogP contribution in [0.5, 0.6) is 5.75 Å². The number of nitrogens with one attached hydrogen (secondary N) is 1. The number of carbonyl (C=O) groups is 1. The molecule has 3 aromatic rings. The second-order valence-electron chi connectivity index (χ2n) is 6.52. The Labute approximate surface area is 184 Å². The minimum absolute atomic E-state index is 0.0905. The summed E-state index contributed by atoms with van der Waals surface area (Å²) in [6.07, 6.45) is 0. The Morgan fingerprint density at radius 2 is 1.63 bits per heavy atom. The van der Waals surface area contributed by atoms with Gasteiger partial charge in [0.25, 0.3) is 10.0 Å². The van der Waals surface area contributed by atoms with E-state index >= 15 is 0 Å². The third-order valence-electron chi connectivity index (χ3n) is 4.40. The number of amides is 1. The molecule has 0 aliphatic heterocycles. The number of benzene rings is 3. The average Bonchev–Trinajstić information content (AvgIpc) is 2.74. The molecule has 0 fully saturated rings. The van der Waals surface area contributed by atoms with Crippen LogP contribution in [0.3, 0.4) is 0 Å². The minimum Gasteiger partial charge on any atom is -0.495 e. The standard InChI is InChI=1S/C22H21BrN2O4S/c1-16-11-13-17(14-12-16)30(27,28)25(20-9-5-6-10-21(20)29-2)15-22(26)24-19-8-4-3-7-18(19)23/h3-14H,15H2,1-2H3,(H,24,26). The van der Waals surface area contributed by atoms with Crippen LogP contribution in [0.4, 0.5) is 11.4 Å². The van der Waals surface area contributed by atoms with E-state index in [4.69, 9.17) is 4.74 Å². The Kier molecular flexibility index (Phi) is 6.79. The van der Waals surface area contributed by atoms with Gasteiger partial charge in [0.2, 0.25) is 5.91 Å². The smallest absolute Gasteiger partial charge is 0.264 e. The van der Waals surface area contributed by atoms with Gasteiger partial charge in [-0.3, -0.25) is 9.10 Å². The number of para-hydroxylation sites is 3. The zero-order valence-corrected chi connectivity index (χ0v) is 18.9. The maximum Gasteiger partial charge on any atom is 0.264 e. The Morgan fingerprint density at radius 3 is 2.30 bits per heavy atom. The lowest BCUT2D eigenvalue weighted by Gasteiger charge is -2.25. The maximum absolute atomic E-state index is 13.4. The molecule has 1 amide bonds. The van der Waals surface area contributed by atoms with Crippen LogP contribution in [0.2, 0.25) is 0 Å². The molecule has 3 rings (SSSR count). The molecule has 0 saturated heterocycles. The Bertz CT molecular complexity index is 1150. The fourth-order valence-corrected chi connectivity index (χ4v) is 4.67. The fraction of sp³-hybridized carbons (Fsp3) is 0.136. The molecule has 1 N–H and O–H groups in total. The Hall–Kier alpha value is -2.84. The van der Waals surface area contributed by atoms with Crippen molar-refractivity contribution in [3.63, 3.8) is 0 Å². The van der Waals surface area contributed by atoms with Crippen LogP contribution in [-0.4, -0.2) is 28.0 Å². The topological polar surface area (TPSA) is 75.7 Å². The number of ether oxygens (including phenoxy) is 1. The average molecular weight is 489 g/mol. The molecule has 3 aromatic carbocycles. The molecule has 0 saturated carbocycles. The predicted octanol–water partition coefficient (Wildman–Crippen LogP) is 4.60. The molecule has 0 bridgehead atoms. The predicted molar refractivity (Wildman–Crippen MR) is 121 cm³/mol. The van der Waals surface area contributed by atoms with E-state index in [1.807, 2.05) is 13.0 Å². The van der Waals surface area contributed by atoms with Gasteiger partial charge in [0.05, 0.1) is 23.4 Å². The van der Waals surface area contributed by atoms with Crippen molar-refractivity contribution < 1.29 is 17.9 Å². The third-order valence-corrected chi connectivity index (χ3v) is 6.86. The van der Waals surface area contributed by atoms with Crippen LogP contribution in [0.15, 0.2) is 82.2 Å². The van der Waals surface area contributed by atoms with E-state index in [2.05, 4.69) is 21.2 Å². The molecule has 0 spiro atoms. The number of carbonyl (C=O) groups excluding carboxylic acids is 1. The zero-order valence-electron chi connectivity index (χ0n) is 16.5. The number of sulfonamides is 1. The molecule has 6 nitrogen and oxygen atoms in total. The highest BCUT2D eigenvalue weighted by atomic mass is 79.9. The molecular formula is C22H21BrN2O4S. The van der Waals surface area contributed by atoms with E-state index in [9.17, 15) is 13.2 Å². The second-order valence-corrected chi connectivity index (χ2v) is 9.24. The number of halogens is 1. The number of aryl methyl sites for hydroxylation is 1. The lowest BCUT2D eigenvalue weighted by molar-refractivity contribution is -0.114. The molecule has 0 aliphatic carbocycles. The Morgan fingerprint density at radius 1 is 1.00 bits per heavy atom. The summed E-state index contributed by atoms with van der Waals surface area (Å²) in [5, 5.41) is 2.75. The summed E-state index contributed by atoms with van der Waals surface area (Å²) in [5.74, 6) is -0.134. The summed E-state index contributed by atoms with van der Waals surface area (Å²) in [4.78, 5) is 12.9. The zero-order chi connectivity index (χ0) is 21.7. The van der Waals surface area contributed by atoms with Crippen molar-refractivity contribution in [2.24, 2.45) is 0 Å². The van der Waals surface area contributed by atoms with Gasteiger partial charge in [0.15, 0.2) is 0 Å². The maximum atomic E-state index is 13.4. The van der Waals surface area contributed by atoms with Gasteiger partial charge in [0.1, 0.15) is 12.3 Å². The van der Waals surface area contributed by atoms with Gasteiger partial charge in [0, 0.05) is 4.47 Å². The monoisotopic (exact) mass is 488 g/mol. The number of hydrogen-bond acceptors (Lipinski definition) is 4. The van der Waals surface area contributed by atoms with Crippen LogP contribution in [0.1, 0.15) is 5.56 Å². The first-order chi connectivity index (χ1) is 14.3. The number of rotatable bonds is 7. The number of hydrogen-bond donors (Lipinski definition) is 1. The molecule has 0 unspecified atom stereocenters. The lowest BCUT2D eigenvalue weighted by Crippen LogP contribution is -2.38. The van der Waals surface area contributed by atoms with Gasteiger partial charge in [-0.2, -0.15) is 0 Å². The SMILES string of the molecule is COc1ccccc1N(CC(=O)Nc1ccccc1Br)S(=O)(=O)c1ccc(C)cc1. The van der Waals surface area contributed by atoms with E-state index in [0.29, 0.717) is 15.9 Å². The van der Waals surface area contributed by atoms with Gasteiger partial charge in [-0.25, -0.2) is 8.42 Å². The van der Waals surface area contributed by atoms with Crippen molar-refractivity contribution in [3.8, 4) is 5.75 Å². The lowest BCUT2D eigenvalue weighted by atomic mass is 10.2. The normalized spacial score (nSPS) is 11.0. The molecule has 156 valence electrons. The van der Waals surface area contributed by atoms with E-state index in [-0.39, 0.29) is 10.6 Å². The molecule has 30 heavy (non-hydrogen) atoms. The quantitative estimate of drug-likeness (QED) is 0.527. The van der Waals surface area contributed by atoms with Gasteiger partial charge in [-0.05, 0) is 59.3 Å². The number of nitrogens with zero attached hydrogens (tertiary/aromatic N) is 1. The molecule has 0 heterocycles. The molecule has 0 atom stereocenters. The van der Waals surface area contributed by atoms with E-state index in [1.54, 1.807) is 54.6 Å². The van der Waals surface area contributed by atoms with E-state index < -0.39 is 22.5 Å². The first kappa shape index (κ1) is 21.9. The largest absolute Gasteiger partial charge is 0.495 e. The summed E-state index contributed by atoms with van der Waals surface area (Å²) in [7, 11) is -2.57. The Balaban J connectivity index is 2.00. The summed E-state index contributed by atoms with van der Waals surface area (Å²) >= 11 is 3.38. The number of methoxy groups -OCH3 is 1. The molecule has 0 aromatic heterocycles. The van der Waals surface area contributed by atoms with Crippen LogP contribution in [0.25, 0.3) is 0 Å². The van der Waals surface area contributed by atoms with Gasteiger partial charge in [-0.1, -0.05) is 42.0 Å². The first-order valence-electron chi connectivity index (χ1n) is 9.09. The van der Waals surface area contributed by atoms with Gasteiger partial charge in [-0.15, -0.1) is 0 Å². The summed E-state index contributed by atoms with van der Waals surface area (Å²) in [5.41, 5.74) is 1.77. The van der Waals surface area contributed by atoms with Crippen LogP contribution in [-0.2, 0) is 14.8 Å². The molecule has 0 aliphatic rings. The molecule has 0 radical (unpaired) electrons. The minimum atomic E-state index is -4.02. The van der Waals surface area contributed by atoms with Gasteiger partial charge < -0.3 is 10.1 Å². The van der Waals surface area contributed by atoms with Gasteiger partial charge >= 0.3 is 0 Å². The highest BCUT2D eigenvalue weighted by Gasteiger charge is 2.29. The highest BCUT2D eigenvalue weighted by molar-refractivity contribution is 9.10. The summed E-state index contributed by atoms with van der Waals surface area (Å²) in [6.45, 7) is 1.46. The van der Waals surface area contributed by atoms with Crippen LogP contribution < -0.4 is 14.4 Å². The first-order valence-corrected chi connectivity index (χ1v) is 11.3. The van der Waals surface area contributed by atoms with Crippen molar-refractivity contribution >= 4 is 43.2 Å². The fourth-order valence-electron chi connectivity index (χ4n) is 2.86. The van der Waals surface area contributed by atoms with Crippen molar-refractivity contribution in [1.29, 1.82) is 0 Å². The van der Waals surface area contributed by atoms with Crippen molar-refractivity contribution in [2.75, 3.05) is 23.3 Å².